The fraction of sp³-hybridized carbons (Fsp3) is 0.611. The van der Waals surface area contributed by atoms with Crippen LogP contribution in [0.5, 0.6) is 0 Å². The maximum atomic E-state index is 6.20. The highest BCUT2D eigenvalue weighted by Crippen LogP contribution is 2.21. The summed E-state index contributed by atoms with van der Waals surface area (Å²) < 4.78 is 0. The van der Waals surface area contributed by atoms with Crippen LogP contribution in [0.15, 0.2) is 23.2 Å². The van der Waals surface area contributed by atoms with E-state index < -0.39 is 0 Å². The van der Waals surface area contributed by atoms with Gasteiger partial charge in [0.05, 0.1) is 0 Å². The van der Waals surface area contributed by atoms with E-state index in [1.54, 1.807) is 6.07 Å². The van der Waals surface area contributed by atoms with Gasteiger partial charge in [-0.3, -0.25) is 4.99 Å². The van der Waals surface area contributed by atoms with Gasteiger partial charge in [-0.2, -0.15) is 0 Å². The van der Waals surface area contributed by atoms with Crippen LogP contribution in [0, 0.1) is 5.92 Å². The molecule has 1 saturated heterocycles. The summed E-state index contributed by atoms with van der Waals surface area (Å²) in [6, 6.07) is 5.68. The fourth-order valence-electron chi connectivity index (χ4n) is 2.94. The van der Waals surface area contributed by atoms with E-state index >= 15 is 0 Å². The van der Waals surface area contributed by atoms with Gasteiger partial charge in [-0.25, -0.2) is 0 Å². The molecule has 0 aromatic heterocycles. The summed E-state index contributed by atoms with van der Waals surface area (Å²) in [7, 11) is 4.01. The summed E-state index contributed by atoms with van der Waals surface area (Å²) in [5.74, 6) is 1.63. The van der Waals surface area contributed by atoms with Crippen molar-refractivity contribution in [2.45, 2.75) is 25.7 Å². The lowest BCUT2D eigenvalue weighted by atomic mass is 9.97. The lowest BCUT2D eigenvalue weighted by Crippen LogP contribution is -2.42. The number of hydrogen-bond donors (Lipinski definition) is 2. The van der Waals surface area contributed by atoms with Gasteiger partial charge in [-0.05, 0) is 69.4 Å². The molecule has 0 atom stereocenters. The van der Waals surface area contributed by atoms with Gasteiger partial charge in [0, 0.05) is 30.2 Å². The first-order valence-electron chi connectivity index (χ1n) is 8.65. The van der Waals surface area contributed by atoms with Crippen LogP contribution in [0.25, 0.3) is 0 Å². The molecule has 0 unspecified atom stereocenters. The van der Waals surface area contributed by atoms with E-state index in [4.69, 9.17) is 23.2 Å². The Hall–Kier alpha value is -0.970. The average molecular weight is 371 g/mol. The Kier molecular flexibility index (Phi) is 8.16. The van der Waals surface area contributed by atoms with Crippen LogP contribution in [-0.2, 0) is 6.42 Å². The molecule has 0 bridgehead atoms. The minimum Gasteiger partial charge on any atom is -0.356 e. The topological polar surface area (TPSA) is 39.7 Å². The highest BCUT2D eigenvalue weighted by molar-refractivity contribution is 6.35. The fourth-order valence-corrected chi connectivity index (χ4v) is 3.44. The number of nitrogens with one attached hydrogen (secondary N) is 2. The lowest BCUT2D eigenvalue weighted by molar-refractivity contribution is 0.220. The first-order valence-corrected chi connectivity index (χ1v) is 9.41. The van der Waals surface area contributed by atoms with Crippen molar-refractivity contribution >= 4 is 29.2 Å². The van der Waals surface area contributed by atoms with E-state index in [1.807, 2.05) is 19.2 Å². The van der Waals surface area contributed by atoms with Crippen molar-refractivity contribution in [2.24, 2.45) is 10.9 Å². The Morgan fingerprint density at radius 2 is 2.00 bits per heavy atom. The van der Waals surface area contributed by atoms with Crippen LogP contribution < -0.4 is 10.6 Å². The van der Waals surface area contributed by atoms with E-state index in [2.05, 4.69) is 27.6 Å². The molecule has 1 aromatic rings. The first-order chi connectivity index (χ1) is 11.6. The van der Waals surface area contributed by atoms with Crippen molar-refractivity contribution in [1.82, 2.24) is 15.5 Å². The summed E-state index contributed by atoms with van der Waals surface area (Å²) >= 11 is 12.1. The Balaban J connectivity index is 1.64. The molecule has 2 N–H and O–H groups in total. The van der Waals surface area contributed by atoms with Crippen molar-refractivity contribution in [3.05, 3.63) is 33.8 Å². The van der Waals surface area contributed by atoms with Crippen LogP contribution >= 0.6 is 23.2 Å². The molecule has 1 heterocycles. The van der Waals surface area contributed by atoms with Gasteiger partial charge in [0.15, 0.2) is 5.96 Å². The molecule has 2 rings (SSSR count). The Bertz CT molecular complexity index is 540. The number of rotatable bonds is 6. The zero-order chi connectivity index (χ0) is 17.4. The van der Waals surface area contributed by atoms with Gasteiger partial charge in [0.1, 0.15) is 0 Å². The van der Waals surface area contributed by atoms with Gasteiger partial charge in [-0.1, -0.05) is 29.3 Å². The second kappa shape index (κ2) is 10.1. The number of likely N-dealkylation sites (tertiary alicyclic amines) is 1. The molecule has 0 aliphatic carbocycles. The molecule has 1 aliphatic rings. The van der Waals surface area contributed by atoms with Gasteiger partial charge in [0.2, 0.25) is 0 Å². The number of guanidine groups is 1. The maximum absolute atomic E-state index is 6.20. The van der Waals surface area contributed by atoms with E-state index in [1.165, 1.54) is 25.9 Å². The zero-order valence-electron chi connectivity index (χ0n) is 14.6. The third-order valence-electron chi connectivity index (χ3n) is 4.55. The maximum Gasteiger partial charge on any atom is 0.190 e. The van der Waals surface area contributed by atoms with Crippen LogP contribution in [-0.4, -0.2) is 51.1 Å². The predicted molar refractivity (Wildman–Crippen MR) is 104 cm³/mol. The van der Waals surface area contributed by atoms with Crippen molar-refractivity contribution < 1.29 is 0 Å². The van der Waals surface area contributed by atoms with Crippen molar-refractivity contribution in [3.8, 4) is 0 Å². The molecule has 1 aromatic carbocycles. The van der Waals surface area contributed by atoms with E-state index in [9.17, 15) is 0 Å². The van der Waals surface area contributed by atoms with Crippen molar-refractivity contribution in [3.63, 3.8) is 0 Å². The second-order valence-corrected chi connectivity index (χ2v) is 7.31. The largest absolute Gasteiger partial charge is 0.356 e. The Morgan fingerprint density at radius 3 is 2.67 bits per heavy atom. The Morgan fingerprint density at radius 1 is 1.25 bits per heavy atom. The second-order valence-electron chi connectivity index (χ2n) is 6.47. The molecular weight excluding hydrogens is 343 g/mol. The number of aliphatic imine (C=N–C) groups is 1. The van der Waals surface area contributed by atoms with E-state index in [0.717, 1.165) is 48.4 Å². The van der Waals surface area contributed by atoms with Crippen molar-refractivity contribution in [2.75, 3.05) is 40.3 Å². The summed E-state index contributed by atoms with van der Waals surface area (Å²) in [5, 5.41) is 8.25. The van der Waals surface area contributed by atoms with Crippen LogP contribution in [0.1, 0.15) is 24.8 Å². The lowest BCUT2D eigenvalue weighted by Gasteiger charge is -2.29. The molecule has 4 nitrogen and oxygen atoms in total. The van der Waals surface area contributed by atoms with Gasteiger partial charge >= 0.3 is 0 Å². The van der Waals surface area contributed by atoms with Crippen LogP contribution in [0.2, 0.25) is 10.0 Å². The quantitative estimate of drug-likeness (QED) is 0.457. The molecule has 1 aliphatic heterocycles. The molecule has 0 amide bonds. The van der Waals surface area contributed by atoms with Gasteiger partial charge in [-0.15, -0.1) is 0 Å². The molecule has 1 fully saturated rings. The minimum atomic E-state index is 0.681. The molecule has 134 valence electrons. The number of nitrogens with zero attached hydrogens (tertiary/aromatic N) is 2. The summed E-state index contributed by atoms with van der Waals surface area (Å²) in [4.78, 5) is 6.70. The molecular formula is C18H28Cl2N4. The van der Waals surface area contributed by atoms with Gasteiger partial charge < -0.3 is 15.5 Å². The zero-order valence-corrected chi connectivity index (χ0v) is 16.1. The van der Waals surface area contributed by atoms with E-state index in [0.29, 0.717) is 5.02 Å². The molecule has 0 saturated carbocycles. The third-order valence-corrected chi connectivity index (χ3v) is 5.14. The molecule has 0 radical (unpaired) electrons. The van der Waals surface area contributed by atoms with Crippen molar-refractivity contribution in [1.29, 1.82) is 0 Å². The summed E-state index contributed by atoms with van der Waals surface area (Å²) in [6.07, 6.45) is 4.44. The first kappa shape index (κ1) is 19.4. The summed E-state index contributed by atoms with van der Waals surface area (Å²) in [5.41, 5.74) is 1.14. The number of halogens is 2. The monoisotopic (exact) mass is 370 g/mol. The molecule has 6 heteroatoms. The van der Waals surface area contributed by atoms with Gasteiger partial charge in [0.25, 0.3) is 0 Å². The minimum absolute atomic E-state index is 0.681. The highest BCUT2D eigenvalue weighted by atomic mass is 35.5. The average Bonchev–Trinajstić information content (AvgIpc) is 2.57. The van der Waals surface area contributed by atoms with Crippen LogP contribution in [0.4, 0.5) is 0 Å². The smallest absolute Gasteiger partial charge is 0.190 e. The van der Waals surface area contributed by atoms with E-state index in [-0.39, 0.29) is 0 Å². The number of piperidine rings is 1. The number of hydrogen-bond acceptors (Lipinski definition) is 2. The third kappa shape index (κ3) is 6.50. The standard InChI is InChI=1S/C18H28Cl2N4/c1-21-18(23-13-14-7-10-24(2)11-8-14)22-9-3-4-15-5-6-16(19)12-17(15)20/h5-6,12,14H,3-4,7-11,13H2,1-2H3,(H2,21,22,23). The van der Waals surface area contributed by atoms with Crippen LogP contribution in [0.3, 0.4) is 0 Å². The molecule has 0 spiro atoms. The Labute approximate surface area is 155 Å². The number of benzene rings is 1. The SMILES string of the molecule is CN=C(NCCCc1ccc(Cl)cc1Cl)NCC1CCN(C)CC1. The normalized spacial score (nSPS) is 17.1. The molecule has 24 heavy (non-hydrogen) atoms. The highest BCUT2D eigenvalue weighted by Gasteiger charge is 2.16. The number of aryl methyl sites for hydroxylation is 1. The predicted octanol–water partition coefficient (Wildman–Crippen LogP) is 3.43. The summed E-state index contributed by atoms with van der Waals surface area (Å²) in [6.45, 7) is 4.25.